The number of carboxylic acid groups (broad SMARTS) is 1. The number of nitrogens with one attached hydrogen (secondary N) is 1. The second-order valence-corrected chi connectivity index (χ2v) is 7.22. The molecule has 1 aromatic heterocycles. The molecule has 0 aliphatic carbocycles. The number of rotatable bonds is 6. The maximum atomic E-state index is 11.9. The number of non-ortho nitro benzene ring substituents is 1. The van der Waals surface area contributed by atoms with E-state index in [0.717, 1.165) is 35.4 Å². The van der Waals surface area contributed by atoms with E-state index >= 15 is 0 Å². The van der Waals surface area contributed by atoms with Crippen LogP contribution in [0.1, 0.15) is 49.3 Å². The van der Waals surface area contributed by atoms with Crippen LogP contribution in [0.15, 0.2) is 40.9 Å². The summed E-state index contributed by atoms with van der Waals surface area (Å²) >= 11 is 1.54. The Morgan fingerprint density at radius 2 is 2.15 bits per heavy atom. The predicted molar refractivity (Wildman–Crippen MR) is 99.2 cm³/mol. The van der Waals surface area contributed by atoms with Crippen LogP contribution in [0.3, 0.4) is 0 Å². The zero-order valence-corrected chi connectivity index (χ0v) is 15.4. The van der Waals surface area contributed by atoms with Gasteiger partial charge in [0.05, 0.1) is 15.9 Å². The van der Waals surface area contributed by atoms with Gasteiger partial charge in [0, 0.05) is 34.9 Å². The third kappa shape index (κ3) is 3.22. The van der Waals surface area contributed by atoms with E-state index in [1.165, 1.54) is 23.5 Å². The molecule has 0 fully saturated rings. The van der Waals surface area contributed by atoms with E-state index in [9.17, 15) is 20.0 Å². The van der Waals surface area contributed by atoms with Gasteiger partial charge in [-0.25, -0.2) is 0 Å². The van der Waals surface area contributed by atoms with Crippen molar-refractivity contribution in [1.29, 1.82) is 0 Å². The fraction of sp³-hybridized carbons (Fsp3) is 0.316. The van der Waals surface area contributed by atoms with Crippen molar-refractivity contribution in [3.8, 4) is 0 Å². The molecule has 3 rings (SSSR count). The zero-order chi connectivity index (χ0) is 18.8. The molecule has 1 N–H and O–H groups in total. The molecule has 0 spiro atoms. The summed E-state index contributed by atoms with van der Waals surface area (Å²) in [5.41, 5.74) is 3.17. The van der Waals surface area contributed by atoms with Gasteiger partial charge in [0.25, 0.3) is 5.69 Å². The van der Waals surface area contributed by atoms with Gasteiger partial charge in [-0.05, 0) is 36.3 Å². The third-order valence-corrected chi connectivity index (χ3v) is 5.59. The molecule has 136 valence electrons. The maximum absolute atomic E-state index is 11.9. The van der Waals surface area contributed by atoms with Crippen molar-refractivity contribution in [2.75, 3.05) is 5.32 Å². The Morgan fingerprint density at radius 1 is 1.38 bits per heavy atom. The van der Waals surface area contributed by atoms with Gasteiger partial charge in [0.15, 0.2) is 0 Å². The number of thiophene rings is 1. The average Bonchev–Trinajstić information content (AvgIpc) is 3.00. The molecular weight excluding hydrogens is 352 g/mol. The van der Waals surface area contributed by atoms with Crippen LogP contribution >= 0.6 is 11.3 Å². The molecule has 0 amide bonds. The minimum absolute atomic E-state index is 0.0525. The van der Waals surface area contributed by atoms with E-state index in [1.807, 2.05) is 5.38 Å². The van der Waals surface area contributed by atoms with E-state index in [1.54, 1.807) is 19.1 Å². The first kappa shape index (κ1) is 18.1. The van der Waals surface area contributed by atoms with Gasteiger partial charge >= 0.3 is 0 Å². The fourth-order valence-corrected chi connectivity index (χ4v) is 4.49. The Balaban J connectivity index is 2.19. The van der Waals surface area contributed by atoms with E-state index < -0.39 is 16.8 Å². The Labute approximate surface area is 155 Å². The number of aliphatic carboxylic acids is 1. The van der Waals surface area contributed by atoms with E-state index in [-0.39, 0.29) is 11.3 Å². The standard InChI is InChI=1S/C19H20N2O4S/c1-3-4-6-13-10-26-18-17(13)16(15(19(22)23)11(2)20-18)12-7-5-8-14(9-12)21(24)25/h5,7-10,16,20H,3-4,6H2,1-2H3,(H,22,23)/p-1. The minimum Gasteiger partial charge on any atom is -0.545 e. The van der Waals surface area contributed by atoms with Crippen molar-refractivity contribution in [3.05, 3.63) is 67.7 Å². The number of unbranched alkanes of at least 4 members (excludes halogenated alkanes) is 1. The topological polar surface area (TPSA) is 95.3 Å². The number of carbonyl (C=O) groups is 1. The number of nitro benzene ring substituents is 1. The molecule has 1 unspecified atom stereocenters. The molecule has 26 heavy (non-hydrogen) atoms. The smallest absolute Gasteiger partial charge is 0.269 e. The van der Waals surface area contributed by atoms with Crippen molar-refractivity contribution in [1.82, 2.24) is 0 Å². The molecule has 1 aliphatic heterocycles. The summed E-state index contributed by atoms with van der Waals surface area (Å²) < 4.78 is 0. The highest BCUT2D eigenvalue weighted by Crippen LogP contribution is 2.47. The van der Waals surface area contributed by atoms with Crippen molar-refractivity contribution in [2.24, 2.45) is 0 Å². The fourth-order valence-electron chi connectivity index (χ4n) is 3.40. The normalized spacial score (nSPS) is 16.2. The van der Waals surface area contributed by atoms with Crippen LogP contribution < -0.4 is 10.4 Å². The van der Waals surface area contributed by atoms with Crippen LogP contribution in [0.2, 0.25) is 0 Å². The monoisotopic (exact) mass is 371 g/mol. The second kappa shape index (κ2) is 7.29. The van der Waals surface area contributed by atoms with Gasteiger partial charge in [-0.2, -0.15) is 0 Å². The lowest BCUT2D eigenvalue weighted by atomic mass is 9.80. The number of carbonyl (C=O) groups excluding carboxylic acids is 1. The summed E-state index contributed by atoms with van der Waals surface area (Å²) in [5, 5.41) is 29.2. The van der Waals surface area contributed by atoms with Crippen LogP contribution in [0.5, 0.6) is 0 Å². The highest BCUT2D eigenvalue weighted by Gasteiger charge is 2.32. The molecule has 6 nitrogen and oxygen atoms in total. The molecule has 0 saturated heterocycles. The minimum atomic E-state index is -1.26. The molecular formula is C19H19N2O4S-. The number of hydrogen-bond donors (Lipinski definition) is 1. The molecule has 0 radical (unpaired) electrons. The number of carboxylic acids is 1. The number of nitrogens with zero attached hydrogens (tertiary/aromatic N) is 1. The lowest BCUT2D eigenvalue weighted by Gasteiger charge is -2.30. The van der Waals surface area contributed by atoms with E-state index in [4.69, 9.17) is 0 Å². The highest BCUT2D eigenvalue weighted by molar-refractivity contribution is 7.14. The summed E-state index contributed by atoms with van der Waals surface area (Å²) in [5.74, 6) is -1.83. The summed E-state index contributed by atoms with van der Waals surface area (Å²) in [4.78, 5) is 22.6. The Morgan fingerprint density at radius 3 is 2.81 bits per heavy atom. The van der Waals surface area contributed by atoms with Gasteiger partial charge in [-0.1, -0.05) is 25.5 Å². The number of nitro groups is 1. The van der Waals surface area contributed by atoms with Crippen molar-refractivity contribution < 1.29 is 14.8 Å². The predicted octanol–water partition coefficient (Wildman–Crippen LogP) is 3.58. The zero-order valence-electron chi connectivity index (χ0n) is 14.6. The van der Waals surface area contributed by atoms with Gasteiger partial charge < -0.3 is 15.2 Å². The Bertz CT molecular complexity index is 901. The van der Waals surface area contributed by atoms with E-state index in [0.29, 0.717) is 11.3 Å². The van der Waals surface area contributed by atoms with Crippen LogP contribution in [-0.4, -0.2) is 10.9 Å². The molecule has 0 saturated carbocycles. The van der Waals surface area contributed by atoms with Crippen molar-refractivity contribution in [3.63, 3.8) is 0 Å². The average molecular weight is 371 g/mol. The second-order valence-electron chi connectivity index (χ2n) is 6.34. The number of hydrogen-bond acceptors (Lipinski definition) is 6. The van der Waals surface area contributed by atoms with Gasteiger partial charge in [0.1, 0.15) is 0 Å². The molecule has 1 aromatic carbocycles. The number of fused-ring (bicyclic) bond motifs is 1. The van der Waals surface area contributed by atoms with Gasteiger partial charge in [0.2, 0.25) is 0 Å². The molecule has 2 aromatic rings. The first-order valence-electron chi connectivity index (χ1n) is 8.47. The van der Waals surface area contributed by atoms with Crippen LogP contribution in [0.25, 0.3) is 0 Å². The number of aryl methyl sites for hydroxylation is 1. The number of allylic oxidation sites excluding steroid dienone is 1. The maximum Gasteiger partial charge on any atom is 0.269 e. The Hall–Kier alpha value is -2.67. The van der Waals surface area contributed by atoms with Crippen LogP contribution in [0.4, 0.5) is 10.7 Å². The number of benzene rings is 1. The SMILES string of the molecule is CCCCc1csc2c1C(c1cccc([N+](=O)[O-])c1)C(C(=O)[O-])=C(C)N2. The van der Waals surface area contributed by atoms with Crippen molar-refractivity contribution in [2.45, 2.75) is 39.0 Å². The molecule has 2 heterocycles. The summed E-state index contributed by atoms with van der Waals surface area (Å²) in [7, 11) is 0. The lowest BCUT2D eigenvalue weighted by molar-refractivity contribution is -0.384. The van der Waals surface area contributed by atoms with Crippen molar-refractivity contribution >= 4 is 28.0 Å². The third-order valence-electron chi connectivity index (χ3n) is 4.63. The summed E-state index contributed by atoms with van der Waals surface area (Å²) in [6.07, 6.45) is 2.87. The van der Waals surface area contributed by atoms with Gasteiger partial charge in [-0.15, -0.1) is 11.3 Å². The Kier molecular flexibility index (Phi) is 5.08. The van der Waals surface area contributed by atoms with Crippen LogP contribution in [0, 0.1) is 10.1 Å². The molecule has 0 bridgehead atoms. The number of anilines is 1. The summed E-state index contributed by atoms with van der Waals surface area (Å²) in [6.45, 7) is 3.80. The van der Waals surface area contributed by atoms with E-state index in [2.05, 4.69) is 12.2 Å². The molecule has 1 aliphatic rings. The molecule has 1 atom stereocenters. The first-order chi connectivity index (χ1) is 12.4. The summed E-state index contributed by atoms with van der Waals surface area (Å²) in [6, 6.07) is 6.20. The lowest BCUT2D eigenvalue weighted by Crippen LogP contribution is -2.32. The van der Waals surface area contributed by atoms with Crippen LogP contribution in [-0.2, 0) is 11.2 Å². The molecule has 7 heteroatoms. The quantitative estimate of drug-likeness (QED) is 0.618. The van der Waals surface area contributed by atoms with Gasteiger partial charge in [-0.3, -0.25) is 10.1 Å². The highest BCUT2D eigenvalue weighted by atomic mass is 32.1. The first-order valence-corrected chi connectivity index (χ1v) is 9.35. The largest absolute Gasteiger partial charge is 0.545 e.